The van der Waals surface area contributed by atoms with Crippen molar-refractivity contribution in [1.82, 2.24) is 9.88 Å². The molecule has 0 aliphatic carbocycles. The molecule has 0 aliphatic rings. The van der Waals surface area contributed by atoms with Gasteiger partial charge in [0.2, 0.25) is 0 Å². The fraction of sp³-hybridized carbons (Fsp3) is 0.111. The van der Waals surface area contributed by atoms with Gasteiger partial charge in [-0.15, -0.1) is 0 Å². The topological polar surface area (TPSA) is 83.9 Å². The van der Waals surface area contributed by atoms with Crippen LogP contribution in [0.1, 0.15) is 10.4 Å². The van der Waals surface area contributed by atoms with E-state index >= 15 is 0 Å². The molecule has 0 saturated heterocycles. The lowest BCUT2D eigenvalue weighted by molar-refractivity contribution is -0.0000134. The predicted molar refractivity (Wildman–Crippen MR) is 98.5 cm³/mol. The second-order valence-electron chi connectivity index (χ2n) is 5.29. The number of hydrogen-bond donors (Lipinski definition) is 3. The van der Waals surface area contributed by atoms with Gasteiger partial charge in [0.15, 0.2) is 5.17 Å². The van der Waals surface area contributed by atoms with E-state index in [-0.39, 0.29) is 35.1 Å². The molecule has 0 radical (unpaired) electrons. The molecule has 1 heterocycles. The molecule has 0 bridgehead atoms. The van der Waals surface area contributed by atoms with Gasteiger partial charge in [-0.05, 0) is 18.2 Å². The van der Waals surface area contributed by atoms with Gasteiger partial charge < -0.3 is 39.6 Å². The average Bonchev–Trinajstić information content (AvgIpc) is 2.93. The second-order valence-corrected chi connectivity index (χ2v) is 6.38. The van der Waals surface area contributed by atoms with Crippen molar-refractivity contribution in [2.75, 3.05) is 6.54 Å². The first-order valence-electron chi connectivity index (χ1n) is 7.58. The third-order valence-corrected chi connectivity index (χ3v) is 4.41. The zero-order valence-electron chi connectivity index (χ0n) is 13.4. The fourth-order valence-corrected chi connectivity index (χ4v) is 3.28. The van der Waals surface area contributed by atoms with Gasteiger partial charge in [-0.1, -0.05) is 48.2 Å². The number of benzene rings is 2. The number of nitrogens with zero attached hydrogens (tertiary/aromatic N) is 1. The van der Waals surface area contributed by atoms with Crippen LogP contribution in [0.2, 0.25) is 0 Å². The van der Waals surface area contributed by atoms with Gasteiger partial charge >= 0.3 is 0 Å². The van der Waals surface area contributed by atoms with E-state index in [0.717, 1.165) is 15.8 Å². The number of thioether (sulfide) groups is 1. The maximum atomic E-state index is 12.1. The van der Waals surface area contributed by atoms with E-state index in [1.807, 2.05) is 48.7 Å². The number of nitrogens with two attached hydrogens (primary N) is 1. The normalized spacial score (nSPS) is 10.2. The minimum Gasteiger partial charge on any atom is -1.00 e. The summed E-state index contributed by atoms with van der Waals surface area (Å²) >= 11 is 1.24. The molecule has 1 aromatic heterocycles. The number of hydrogen-bond acceptors (Lipinski definition) is 3. The van der Waals surface area contributed by atoms with Gasteiger partial charge in [-0.2, -0.15) is 0 Å². The van der Waals surface area contributed by atoms with Crippen LogP contribution in [-0.2, 0) is 6.54 Å². The Morgan fingerprint density at radius 2 is 1.80 bits per heavy atom. The highest BCUT2D eigenvalue weighted by atomic mass is 127. The Labute approximate surface area is 167 Å². The highest BCUT2D eigenvalue weighted by molar-refractivity contribution is 8.13. The molecule has 5 nitrogen and oxygen atoms in total. The van der Waals surface area contributed by atoms with E-state index in [4.69, 9.17) is 11.1 Å². The van der Waals surface area contributed by atoms with Gasteiger partial charge in [-0.25, -0.2) is 0 Å². The molecule has 25 heavy (non-hydrogen) atoms. The minimum absolute atomic E-state index is 0. The molecule has 0 aliphatic heterocycles. The third-order valence-electron chi connectivity index (χ3n) is 3.65. The third kappa shape index (κ3) is 4.76. The molecule has 3 aromatic rings. The van der Waals surface area contributed by atoms with Crippen LogP contribution >= 0.6 is 11.8 Å². The van der Waals surface area contributed by atoms with E-state index in [2.05, 4.69) is 9.88 Å². The zero-order valence-corrected chi connectivity index (χ0v) is 16.4. The summed E-state index contributed by atoms with van der Waals surface area (Å²) in [7, 11) is 0. The van der Waals surface area contributed by atoms with Gasteiger partial charge in [0.05, 0.1) is 0 Å². The Bertz CT molecular complexity index is 879. The molecule has 0 fully saturated rings. The number of amides is 1. The number of halogens is 1. The summed E-state index contributed by atoms with van der Waals surface area (Å²) in [6.07, 6.45) is 1.98. The lowest BCUT2D eigenvalue weighted by atomic mass is 10.2. The van der Waals surface area contributed by atoms with Crippen LogP contribution in [-0.4, -0.2) is 22.2 Å². The molecular weight excluding hydrogens is 447 g/mol. The van der Waals surface area contributed by atoms with Gasteiger partial charge in [0.1, 0.15) is 0 Å². The van der Waals surface area contributed by atoms with E-state index < -0.39 is 0 Å². The number of fused-ring (bicyclic) bond motifs is 1. The number of para-hydroxylation sites is 1. The molecule has 0 atom stereocenters. The van der Waals surface area contributed by atoms with Crippen LogP contribution in [0.4, 0.5) is 0 Å². The SMILES string of the molecule is N=C(N)Sc1cn(CCNC(=O)c2ccccc2)c2ccccc12.[I-]. The van der Waals surface area contributed by atoms with Crippen LogP contribution in [0.3, 0.4) is 0 Å². The summed E-state index contributed by atoms with van der Waals surface area (Å²) in [4.78, 5) is 13.0. The summed E-state index contributed by atoms with van der Waals surface area (Å²) in [6, 6.07) is 17.1. The molecule has 4 N–H and O–H groups in total. The number of nitrogens with one attached hydrogen (secondary N) is 2. The number of amidine groups is 1. The Morgan fingerprint density at radius 3 is 2.52 bits per heavy atom. The molecule has 0 saturated carbocycles. The average molecular weight is 465 g/mol. The van der Waals surface area contributed by atoms with Crippen molar-refractivity contribution in [3.63, 3.8) is 0 Å². The number of carbonyl (C=O) groups is 1. The maximum Gasteiger partial charge on any atom is 0.251 e. The molecule has 1 amide bonds. The fourth-order valence-electron chi connectivity index (χ4n) is 2.58. The van der Waals surface area contributed by atoms with Crippen molar-refractivity contribution in [3.05, 3.63) is 66.4 Å². The molecule has 130 valence electrons. The summed E-state index contributed by atoms with van der Waals surface area (Å²) in [6.45, 7) is 1.17. The Morgan fingerprint density at radius 1 is 1.12 bits per heavy atom. The monoisotopic (exact) mass is 465 g/mol. The summed E-state index contributed by atoms with van der Waals surface area (Å²) in [5.41, 5.74) is 7.23. The van der Waals surface area contributed by atoms with E-state index in [0.29, 0.717) is 18.7 Å². The molecule has 7 heteroatoms. The van der Waals surface area contributed by atoms with E-state index in [1.54, 1.807) is 12.1 Å². The van der Waals surface area contributed by atoms with Gasteiger partial charge in [0, 0.05) is 40.6 Å². The second kappa shape index (κ2) is 8.91. The van der Waals surface area contributed by atoms with Gasteiger partial charge in [-0.3, -0.25) is 10.2 Å². The Balaban J connectivity index is 0.00000225. The van der Waals surface area contributed by atoms with Crippen LogP contribution < -0.4 is 35.0 Å². The van der Waals surface area contributed by atoms with Crippen LogP contribution in [0.5, 0.6) is 0 Å². The zero-order chi connectivity index (χ0) is 16.9. The highest BCUT2D eigenvalue weighted by Crippen LogP contribution is 2.29. The lowest BCUT2D eigenvalue weighted by Gasteiger charge is -2.07. The van der Waals surface area contributed by atoms with E-state index in [9.17, 15) is 4.79 Å². The smallest absolute Gasteiger partial charge is 0.251 e. The Hall–Kier alpha value is -2.00. The van der Waals surface area contributed by atoms with Crippen molar-refractivity contribution in [2.24, 2.45) is 5.73 Å². The quantitative estimate of drug-likeness (QED) is 0.216. The van der Waals surface area contributed by atoms with Crippen LogP contribution in [0.25, 0.3) is 10.9 Å². The number of rotatable bonds is 5. The first-order chi connectivity index (χ1) is 11.6. The van der Waals surface area contributed by atoms with Crippen molar-refractivity contribution in [1.29, 1.82) is 5.41 Å². The number of aromatic nitrogens is 1. The molecule has 0 unspecified atom stereocenters. The van der Waals surface area contributed by atoms with Crippen molar-refractivity contribution < 1.29 is 28.8 Å². The van der Waals surface area contributed by atoms with Crippen LogP contribution in [0, 0.1) is 5.41 Å². The van der Waals surface area contributed by atoms with Crippen molar-refractivity contribution in [3.8, 4) is 0 Å². The van der Waals surface area contributed by atoms with Crippen molar-refractivity contribution in [2.45, 2.75) is 11.4 Å². The standard InChI is InChI=1S/C18H18N4OS.HI/c19-18(20)24-16-12-22(15-9-5-4-8-14(15)16)11-10-21-17(23)13-6-2-1-3-7-13;/h1-9,12H,10-11H2,(H3,19,20)(H,21,23);1H/p-1. The van der Waals surface area contributed by atoms with Crippen LogP contribution in [0.15, 0.2) is 65.7 Å². The highest BCUT2D eigenvalue weighted by Gasteiger charge is 2.10. The molecule has 3 rings (SSSR count). The largest absolute Gasteiger partial charge is 1.00 e. The van der Waals surface area contributed by atoms with E-state index in [1.165, 1.54) is 11.8 Å². The first kappa shape index (κ1) is 19.3. The molecule has 0 spiro atoms. The summed E-state index contributed by atoms with van der Waals surface area (Å²) in [5.74, 6) is -0.0783. The predicted octanol–water partition coefficient (Wildman–Crippen LogP) is 0.0609. The number of carbonyl (C=O) groups excluding carboxylic acids is 1. The Kier molecular flexibility index (Phi) is 6.89. The van der Waals surface area contributed by atoms with Gasteiger partial charge in [0.25, 0.3) is 5.91 Å². The lowest BCUT2D eigenvalue weighted by Crippen LogP contribution is -3.00. The van der Waals surface area contributed by atoms with Crippen molar-refractivity contribution >= 4 is 33.7 Å². The first-order valence-corrected chi connectivity index (χ1v) is 8.40. The molecule has 2 aromatic carbocycles. The molecular formula is C18H18IN4OS-. The summed E-state index contributed by atoms with van der Waals surface area (Å²) in [5, 5.41) is 11.5. The minimum atomic E-state index is -0.0783. The summed E-state index contributed by atoms with van der Waals surface area (Å²) < 4.78 is 2.08. The maximum absolute atomic E-state index is 12.1.